The summed E-state index contributed by atoms with van der Waals surface area (Å²) in [7, 11) is 0. The van der Waals surface area contributed by atoms with E-state index in [9.17, 15) is 9.59 Å². The Balaban J connectivity index is 1.22. The summed E-state index contributed by atoms with van der Waals surface area (Å²) in [6.07, 6.45) is 8.31. The van der Waals surface area contributed by atoms with Gasteiger partial charge in [-0.2, -0.15) is 0 Å². The Labute approximate surface area is 195 Å². The quantitative estimate of drug-likeness (QED) is 0.692. The number of amides is 2. The zero-order valence-corrected chi connectivity index (χ0v) is 19.3. The maximum absolute atomic E-state index is 13.0. The molecule has 2 amide bonds. The molecule has 4 aliphatic rings. The van der Waals surface area contributed by atoms with E-state index in [-0.39, 0.29) is 17.9 Å². The summed E-state index contributed by atoms with van der Waals surface area (Å²) in [6.45, 7) is 7.06. The number of allylic oxidation sites excluding steroid dienone is 1. The van der Waals surface area contributed by atoms with Crippen LogP contribution in [0.4, 0.5) is 0 Å². The molecule has 3 atom stereocenters. The minimum Gasteiger partial charge on any atom is -0.489 e. The van der Waals surface area contributed by atoms with Gasteiger partial charge in [0, 0.05) is 37.1 Å². The normalized spacial score (nSPS) is 28.5. The highest BCUT2D eigenvalue weighted by Gasteiger charge is 2.38. The lowest BCUT2D eigenvalue weighted by Crippen LogP contribution is -2.49. The summed E-state index contributed by atoms with van der Waals surface area (Å²) in [6, 6.07) is 5.69. The molecule has 33 heavy (non-hydrogen) atoms. The largest absolute Gasteiger partial charge is 0.489 e. The van der Waals surface area contributed by atoms with Crippen LogP contribution in [0, 0.1) is 5.92 Å². The minimum atomic E-state index is -0.433. The Bertz CT molecular complexity index is 911. The molecule has 1 aromatic carbocycles. The molecule has 1 unspecified atom stereocenters. The summed E-state index contributed by atoms with van der Waals surface area (Å²) in [5.41, 5.74) is 2.35. The van der Waals surface area contributed by atoms with Crippen LogP contribution in [0.25, 0.3) is 0 Å². The molecule has 0 radical (unpaired) electrons. The Hall–Kier alpha value is -2.38. The Morgan fingerprint density at radius 3 is 2.76 bits per heavy atom. The fourth-order valence-corrected chi connectivity index (χ4v) is 5.62. The van der Waals surface area contributed by atoms with E-state index in [0.717, 1.165) is 62.5 Å². The van der Waals surface area contributed by atoms with E-state index in [1.165, 1.54) is 12.8 Å². The second-order valence-corrected chi connectivity index (χ2v) is 9.91. The first-order valence-electron chi connectivity index (χ1n) is 12.5. The molecule has 3 fully saturated rings. The number of ether oxygens (including phenoxy) is 2. The molecule has 0 bridgehead atoms. The van der Waals surface area contributed by atoms with E-state index in [1.54, 1.807) is 4.90 Å². The standard InChI is InChI=1S/C26H35N3O4/c1-17-6-9-23(25(30)28-17)29-16-19-14-20(7-8-21(19)26(29)31)33-24-5-3-2-4-22(24)27-15-18-10-12-32-13-11-18/h7-8,14,18,22-24,27H,1-6,9-13,15-16H2,(H,28,30)/t22-,23?,24+/m1/s1. The van der Waals surface area contributed by atoms with Crippen LogP contribution in [-0.4, -0.2) is 54.7 Å². The van der Waals surface area contributed by atoms with Crippen molar-refractivity contribution in [3.05, 3.63) is 41.6 Å². The Kier molecular flexibility index (Phi) is 6.69. The van der Waals surface area contributed by atoms with Gasteiger partial charge in [-0.15, -0.1) is 0 Å². The van der Waals surface area contributed by atoms with Gasteiger partial charge >= 0.3 is 0 Å². The molecular formula is C26H35N3O4. The third-order valence-electron chi connectivity index (χ3n) is 7.61. The molecule has 1 aliphatic carbocycles. The number of nitrogens with zero attached hydrogens (tertiary/aromatic N) is 1. The van der Waals surface area contributed by atoms with Gasteiger partial charge in [-0.05, 0) is 81.2 Å². The van der Waals surface area contributed by atoms with E-state index in [0.29, 0.717) is 36.9 Å². The van der Waals surface area contributed by atoms with Crippen molar-refractivity contribution in [1.82, 2.24) is 15.5 Å². The average Bonchev–Trinajstić information content (AvgIpc) is 3.14. The molecule has 1 saturated carbocycles. The van der Waals surface area contributed by atoms with Crippen molar-refractivity contribution in [3.8, 4) is 5.75 Å². The summed E-state index contributed by atoms with van der Waals surface area (Å²) < 4.78 is 12.0. The molecule has 1 aromatic rings. The van der Waals surface area contributed by atoms with E-state index < -0.39 is 6.04 Å². The lowest BCUT2D eigenvalue weighted by molar-refractivity contribution is -0.126. The van der Waals surface area contributed by atoms with E-state index in [4.69, 9.17) is 9.47 Å². The summed E-state index contributed by atoms with van der Waals surface area (Å²) >= 11 is 0. The lowest BCUT2D eigenvalue weighted by atomic mass is 9.91. The van der Waals surface area contributed by atoms with Crippen LogP contribution in [0.3, 0.4) is 0 Å². The van der Waals surface area contributed by atoms with Gasteiger partial charge in [0.05, 0.1) is 0 Å². The summed E-state index contributed by atoms with van der Waals surface area (Å²) in [4.78, 5) is 27.1. The van der Waals surface area contributed by atoms with Gasteiger partial charge in [0.25, 0.3) is 5.91 Å². The SMILES string of the molecule is C=C1CCC(N2Cc3cc(O[C@H]4CCCC[C@H]4NCC4CCOCC4)ccc3C2=O)C(=O)N1. The van der Waals surface area contributed by atoms with Crippen molar-refractivity contribution in [2.24, 2.45) is 5.92 Å². The summed E-state index contributed by atoms with van der Waals surface area (Å²) in [5, 5.41) is 6.58. The average molecular weight is 454 g/mol. The van der Waals surface area contributed by atoms with Crippen molar-refractivity contribution in [1.29, 1.82) is 0 Å². The zero-order valence-electron chi connectivity index (χ0n) is 19.3. The number of hydrogen-bond acceptors (Lipinski definition) is 5. The van der Waals surface area contributed by atoms with Crippen LogP contribution in [0.15, 0.2) is 30.5 Å². The van der Waals surface area contributed by atoms with Crippen molar-refractivity contribution < 1.29 is 19.1 Å². The van der Waals surface area contributed by atoms with Gasteiger partial charge in [0.15, 0.2) is 0 Å². The molecule has 3 heterocycles. The molecule has 178 valence electrons. The predicted molar refractivity (Wildman–Crippen MR) is 125 cm³/mol. The lowest BCUT2D eigenvalue weighted by Gasteiger charge is -2.34. The number of hydrogen-bond donors (Lipinski definition) is 2. The monoisotopic (exact) mass is 453 g/mol. The van der Waals surface area contributed by atoms with Gasteiger partial charge < -0.3 is 25.0 Å². The van der Waals surface area contributed by atoms with Gasteiger partial charge in [0.1, 0.15) is 17.9 Å². The predicted octanol–water partition coefficient (Wildman–Crippen LogP) is 3.14. The second-order valence-electron chi connectivity index (χ2n) is 9.91. The molecule has 5 rings (SSSR count). The highest BCUT2D eigenvalue weighted by molar-refractivity contribution is 6.01. The minimum absolute atomic E-state index is 0.0714. The first-order valence-corrected chi connectivity index (χ1v) is 12.5. The molecule has 0 aromatic heterocycles. The Morgan fingerprint density at radius 2 is 1.94 bits per heavy atom. The van der Waals surface area contributed by atoms with Crippen LogP contribution in [0.1, 0.15) is 67.3 Å². The fraction of sp³-hybridized carbons (Fsp3) is 0.615. The summed E-state index contributed by atoms with van der Waals surface area (Å²) in [5.74, 6) is 1.30. The number of fused-ring (bicyclic) bond motifs is 1. The van der Waals surface area contributed by atoms with Crippen molar-refractivity contribution in [2.45, 2.75) is 76.1 Å². The fourth-order valence-electron chi connectivity index (χ4n) is 5.62. The second kappa shape index (κ2) is 9.85. The van der Waals surface area contributed by atoms with Crippen LogP contribution in [-0.2, 0) is 16.1 Å². The van der Waals surface area contributed by atoms with Crippen LogP contribution >= 0.6 is 0 Å². The Morgan fingerprint density at radius 1 is 1.12 bits per heavy atom. The first kappa shape index (κ1) is 22.4. The van der Waals surface area contributed by atoms with Gasteiger partial charge in [0.2, 0.25) is 5.91 Å². The zero-order chi connectivity index (χ0) is 22.8. The molecule has 3 aliphatic heterocycles. The van der Waals surface area contributed by atoms with E-state index in [2.05, 4.69) is 17.2 Å². The van der Waals surface area contributed by atoms with Gasteiger partial charge in [-0.3, -0.25) is 9.59 Å². The van der Waals surface area contributed by atoms with E-state index >= 15 is 0 Å². The van der Waals surface area contributed by atoms with Crippen molar-refractivity contribution in [2.75, 3.05) is 19.8 Å². The maximum Gasteiger partial charge on any atom is 0.255 e. The number of piperidine rings is 1. The van der Waals surface area contributed by atoms with Gasteiger partial charge in [-0.25, -0.2) is 0 Å². The topological polar surface area (TPSA) is 79.9 Å². The third-order valence-corrected chi connectivity index (χ3v) is 7.61. The molecule has 7 heteroatoms. The third kappa shape index (κ3) is 4.94. The number of nitrogens with one attached hydrogen (secondary N) is 2. The molecular weight excluding hydrogens is 418 g/mol. The van der Waals surface area contributed by atoms with E-state index in [1.807, 2.05) is 18.2 Å². The molecule has 2 saturated heterocycles. The number of carbonyl (C=O) groups is 2. The highest BCUT2D eigenvalue weighted by Crippen LogP contribution is 2.32. The number of benzene rings is 1. The van der Waals surface area contributed by atoms with Gasteiger partial charge in [-0.1, -0.05) is 13.0 Å². The number of rotatable bonds is 6. The maximum atomic E-state index is 13.0. The molecule has 2 N–H and O–H groups in total. The smallest absolute Gasteiger partial charge is 0.255 e. The van der Waals surface area contributed by atoms with Crippen molar-refractivity contribution >= 4 is 11.8 Å². The molecule has 0 spiro atoms. The van der Waals surface area contributed by atoms with Crippen LogP contribution in [0.2, 0.25) is 0 Å². The number of carbonyl (C=O) groups excluding carboxylic acids is 2. The molecule has 7 nitrogen and oxygen atoms in total. The first-order chi connectivity index (χ1) is 16.1. The highest BCUT2D eigenvalue weighted by atomic mass is 16.5. The van der Waals surface area contributed by atoms with Crippen molar-refractivity contribution in [3.63, 3.8) is 0 Å². The van der Waals surface area contributed by atoms with Crippen LogP contribution < -0.4 is 15.4 Å². The van der Waals surface area contributed by atoms with Crippen LogP contribution in [0.5, 0.6) is 5.75 Å².